The summed E-state index contributed by atoms with van der Waals surface area (Å²) in [5.74, 6) is -2.86. The van der Waals surface area contributed by atoms with Crippen LogP contribution in [0.25, 0.3) is 11.0 Å². The maximum Gasteiger partial charge on any atom is 0.325 e. The molecule has 1 heterocycles. The van der Waals surface area contributed by atoms with Gasteiger partial charge in [-0.05, 0) is 31.5 Å². The Labute approximate surface area is 159 Å². The number of aromatic nitrogens is 2. The highest BCUT2D eigenvalue weighted by atomic mass is 16.5. The van der Waals surface area contributed by atoms with Gasteiger partial charge in [-0.25, -0.2) is 0 Å². The second kappa shape index (κ2) is 7.43. The first kappa shape index (κ1) is 19.0. The van der Waals surface area contributed by atoms with Crippen LogP contribution < -0.4 is 9.74 Å². The number of rotatable bonds is 5. The number of benzene rings is 2. The maximum absolute atomic E-state index is 12.6. The molecule has 0 spiro atoms. The van der Waals surface area contributed by atoms with Crippen LogP contribution in [-0.2, 0) is 9.59 Å². The molecule has 8 nitrogen and oxygen atoms in total. The predicted molar refractivity (Wildman–Crippen MR) is 103 cm³/mol. The number of nitrogens with one attached hydrogen (secondary N) is 1. The zero-order valence-electron chi connectivity index (χ0n) is 15.3. The molecule has 1 N–H and O–H groups in total. The van der Waals surface area contributed by atoms with Gasteiger partial charge < -0.3 is 15.3 Å². The quantitative estimate of drug-likeness (QED) is 0.316. The molecule has 28 heavy (non-hydrogen) atoms. The Morgan fingerprint density at radius 1 is 1.04 bits per heavy atom. The molecule has 2 aromatic carbocycles. The Hall–Kier alpha value is -3.81. The molecular weight excluding hydrogens is 362 g/mol. The van der Waals surface area contributed by atoms with Gasteiger partial charge in [0, 0.05) is 16.7 Å². The second-order valence-electron chi connectivity index (χ2n) is 6.30. The van der Waals surface area contributed by atoms with Crippen LogP contribution in [0.2, 0.25) is 0 Å². The zero-order chi connectivity index (χ0) is 20.4. The Balaban J connectivity index is 1.87. The van der Waals surface area contributed by atoms with Gasteiger partial charge in [-0.1, -0.05) is 30.3 Å². The van der Waals surface area contributed by atoms with Crippen molar-refractivity contribution in [3.63, 3.8) is 0 Å². The van der Waals surface area contributed by atoms with Crippen LogP contribution in [0, 0.1) is 24.0 Å². The van der Waals surface area contributed by atoms with Gasteiger partial charge >= 0.3 is 5.69 Å². The highest BCUT2D eigenvalue weighted by Crippen LogP contribution is 2.16. The van der Waals surface area contributed by atoms with E-state index < -0.39 is 29.6 Å². The number of nitrogens with zero attached hydrogens (tertiary/aromatic N) is 2. The summed E-state index contributed by atoms with van der Waals surface area (Å²) in [5, 5.41) is 14.8. The Morgan fingerprint density at radius 2 is 1.68 bits per heavy atom. The molecule has 0 radical (unpaired) electrons. The highest BCUT2D eigenvalue weighted by molar-refractivity contribution is 6.44. The number of fused-ring (bicyclic) bond motifs is 1. The average Bonchev–Trinajstić information content (AvgIpc) is 2.68. The van der Waals surface area contributed by atoms with Crippen LogP contribution in [-0.4, -0.2) is 22.2 Å². The largest absolute Gasteiger partial charge is 0.805 e. The summed E-state index contributed by atoms with van der Waals surface area (Å²) in [4.78, 5) is 49.4. The van der Waals surface area contributed by atoms with E-state index in [-0.39, 0.29) is 16.7 Å². The summed E-state index contributed by atoms with van der Waals surface area (Å²) in [6, 6.07) is 12.9. The SMILES string of the molecule is Cc1ccccc1NC(=O)C(=O)CC(=O)c1c(C)n([O-])c2ccccc2[n+]1=O. The summed E-state index contributed by atoms with van der Waals surface area (Å²) < 4.78 is 0.794. The lowest BCUT2D eigenvalue weighted by Gasteiger charge is -2.15. The van der Waals surface area contributed by atoms with Crippen LogP contribution in [0.4, 0.5) is 5.69 Å². The first-order chi connectivity index (χ1) is 13.3. The van der Waals surface area contributed by atoms with E-state index in [4.69, 9.17) is 0 Å². The lowest BCUT2D eigenvalue weighted by molar-refractivity contribution is -0.468. The molecule has 0 fully saturated rings. The molecule has 1 amide bonds. The molecule has 142 valence electrons. The maximum atomic E-state index is 12.6. The van der Waals surface area contributed by atoms with Crippen LogP contribution in [0.15, 0.2) is 48.5 Å². The van der Waals surface area contributed by atoms with Crippen molar-refractivity contribution in [2.45, 2.75) is 20.3 Å². The number of carbonyl (C=O) groups excluding carboxylic acids is 3. The van der Waals surface area contributed by atoms with Gasteiger partial charge in [0.2, 0.25) is 11.6 Å². The van der Waals surface area contributed by atoms with Crippen molar-refractivity contribution in [1.29, 1.82) is 0 Å². The van der Waals surface area contributed by atoms with E-state index in [1.54, 1.807) is 43.3 Å². The molecule has 8 heteroatoms. The summed E-state index contributed by atoms with van der Waals surface area (Å²) in [7, 11) is 0. The lowest BCUT2D eigenvalue weighted by Crippen LogP contribution is -2.33. The van der Waals surface area contributed by atoms with Crippen LogP contribution in [0.5, 0.6) is 0 Å². The Bertz CT molecular complexity index is 1180. The van der Waals surface area contributed by atoms with Gasteiger partial charge in [-0.2, -0.15) is 0 Å². The first-order valence-corrected chi connectivity index (χ1v) is 8.48. The molecule has 1 aromatic heterocycles. The number of Topliss-reactive ketones (excluding diaryl/α,β-unsaturated/α-hetero) is 2. The zero-order valence-corrected chi connectivity index (χ0v) is 15.3. The van der Waals surface area contributed by atoms with Gasteiger partial charge in [0.05, 0.1) is 16.5 Å². The normalized spacial score (nSPS) is 10.6. The third kappa shape index (κ3) is 3.39. The van der Waals surface area contributed by atoms with Crippen molar-refractivity contribution in [1.82, 2.24) is 4.73 Å². The van der Waals surface area contributed by atoms with Gasteiger partial charge in [0.25, 0.3) is 11.4 Å². The molecule has 0 aliphatic carbocycles. The molecule has 0 saturated carbocycles. The molecule has 3 rings (SSSR count). The minimum atomic E-state index is -1.00. The van der Waals surface area contributed by atoms with Gasteiger partial charge in [0.1, 0.15) is 5.52 Å². The first-order valence-electron chi connectivity index (χ1n) is 8.48. The standard InChI is InChI=1S/C20H17N3O5/c1-12-7-3-4-8-14(12)21-20(26)18(25)11-17(24)19-13(2)22(27)15-9-5-6-10-16(15)23(19)28/h3-10H,11H2,1-2H3,(H,21,26). The minimum Gasteiger partial charge on any atom is -0.805 e. The van der Waals surface area contributed by atoms with E-state index in [1.807, 2.05) is 0 Å². The molecule has 3 aromatic rings. The van der Waals surface area contributed by atoms with Crippen LogP contribution in [0.3, 0.4) is 0 Å². The van der Waals surface area contributed by atoms with E-state index >= 15 is 0 Å². The number of carbonyl (C=O) groups is 3. The van der Waals surface area contributed by atoms with Crippen molar-refractivity contribution in [3.8, 4) is 0 Å². The topological polar surface area (TPSA) is 114 Å². The van der Waals surface area contributed by atoms with E-state index in [0.717, 1.165) is 5.56 Å². The molecule has 0 atom stereocenters. The van der Waals surface area contributed by atoms with E-state index in [1.165, 1.54) is 19.1 Å². The Morgan fingerprint density at radius 3 is 2.39 bits per heavy atom. The van der Waals surface area contributed by atoms with E-state index in [2.05, 4.69) is 5.32 Å². The number of anilines is 1. The average molecular weight is 379 g/mol. The van der Waals surface area contributed by atoms with Crippen molar-refractivity contribution in [2.24, 2.45) is 0 Å². The number of amides is 1. The van der Waals surface area contributed by atoms with Crippen molar-refractivity contribution < 1.29 is 18.8 Å². The fourth-order valence-corrected chi connectivity index (χ4v) is 2.88. The van der Waals surface area contributed by atoms with Crippen molar-refractivity contribution in [2.75, 3.05) is 5.32 Å². The summed E-state index contributed by atoms with van der Waals surface area (Å²) >= 11 is 0. The Kier molecular flexibility index (Phi) is 5.04. The smallest absolute Gasteiger partial charge is 0.325 e. The fourth-order valence-electron chi connectivity index (χ4n) is 2.88. The molecule has 0 unspecified atom stereocenters. The van der Waals surface area contributed by atoms with E-state index in [0.29, 0.717) is 14.8 Å². The van der Waals surface area contributed by atoms with Crippen molar-refractivity contribution in [3.05, 3.63) is 75.6 Å². The fraction of sp³-hybridized carbons (Fsp3) is 0.150. The van der Waals surface area contributed by atoms with Gasteiger partial charge in [-0.15, -0.1) is 0 Å². The van der Waals surface area contributed by atoms with Crippen LogP contribution >= 0.6 is 0 Å². The molecular formula is C20H17N3O5. The van der Waals surface area contributed by atoms with Gasteiger partial charge in [-0.3, -0.25) is 14.4 Å². The number of para-hydroxylation sites is 3. The van der Waals surface area contributed by atoms with Crippen LogP contribution in [0.1, 0.15) is 28.2 Å². The third-order valence-electron chi connectivity index (χ3n) is 4.40. The lowest BCUT2D eigenvalue weighted by atomic mass is 10.1. The molecule has 0 saturated heterocycles. The van der Waals surface area contributed by atoms with Crippen molar-refractivity contribution >= 4 is 34.2 Å². The van der Waals surface area contributed by atoms with E-state index in [9.17, 15) is 24.5 Å². The number of ketones is 2. The molecule has 0 bridgehead atoms. The molecule has 0 aliphatic heterocycles. The predicted octanol–water partition coefficient (Wildman–Crippen LogP) is 2.30. The third-order valence-corrected chi connectivity index (χ3v) is 4.40. The number of aryl methyl sites for hydroxylation is 1. The minimum absolute atomic E-state index is 0.00302. The second-order valence-corrected chi connectivity index (χ2v) is 6.30. The summed E-state index contributed by atoms with van der Waals surface area (Å²) in [6.45, 7) is 3.08. The summed E-state index contributed by atoms with van der Waals surface area (Å²) in [6.07, 6.45) is -0.820. The number of hydrogen-bond acceptors (Lipinski definition) is 5. The monoisotopic (exact) mass is 379 g/mol. The van der Waals surface area contributed by atoms with Gasteiger partial charge in [0.15, 0.2) is 0 Å². The molecule has 0 aliphatic rings. The summed E-state index contributed by atoms with van der Waals surface area (Å²) in [5.41, 5.74) is 0.728. The number of hydrogen-bond donors (Lipinski definition) is 1. The highest BCUT2D eigenvalue weighted by Gasteiger charge is 2.30.